The van der Waals surface area contributed by atoms with Crippen LogP contribution in [0.1, 0.15) is 69.8 Å². The Kier molecular flexibility index (Phi) is 8.28. The number of carbonyl (C=O) groups is 3. The third-order valence-corrected chi connectivity index (χ3v) is 9.85. The molecule has 4 atom stereocenters. The highest BCUT2D eigenvalue weighted by molar-refractivity contribution is 7.14. The van der Waals surface area contributed by atoms with E-state index in [-0.39, 0.29) is 41.1 Å². The molecule has 10 heteroatoms. The van der Waals surface area contributed by atoms with Gasteiger partial charge in [0.15, 0.2) is 10.9 Å². The van der Waals surface area contributed by atoms with E-state index in [1.807, 2.05) is 17.5 Å². The van der Waals surface area contributed by atoms with Crippen molar-refractivity contribution in [2.75, 3.05) is 51.3 Å². The van der Waals surface area contributed by atoms with Crippen LogP contribution in [0.2, 0.25) is 0 Å². The van der Waals surface area contributed by atoms with Gasteiger partial charge in [-0.3, -0.25) is 14.4 Å². The standard InChI is InChI=1S/C32H45N5O4S/c1-31(2,3)15-22(29(40)37-16-23(32(4,5)6)27-26(37)25(38)17-41-27)21-14-19(8-9-20(21)28(33)39)24-18-42-30(34-24)36-12-10-35(7)11-13-36/h8-9,14,18,22-23,26-27H,10-13,15-17H2,1-7H3,(H2,33,39)/t22-,23+,26+,27+/m0/s1. The quantitative estimate of drug-likeness (QED) is 0.537. The van der Waals surface area contributed by atoms with Crippen LogP contribution in [0.25, 0.3) is 11.3 Å². The monoisotopic (exact) mass is 595 g/mol. The number of benzene rings is 1. The second-order valence-electron chi connectivity index (χ2n) is 14.4. The van der Waals surface area contributed by atoms with Crippen LogP contribution >= 0.6 is 11.3 Å². The number of Topliss-reactive ketones (excluding diaryl/α,β-unsaturated/α-hetero) is 1. The summed E-state index contributed by atoms with van der Waals surface area (Å²) >= 11 is 1.60. The molecule has 2 N–H and O–H groups in total. The summed E-state index contributed by atoms with van der Waals surface area (Å²) in [6.45, 7) is 16.9. The van der Waals surface area contributed by atoms with E-state index in [0.29, 0.717) is 24.1 Å². The van der Waals surface area contributed by atoms with E-state index >= 15 is 0 Å². The number of piperazine rings is 1. The first-order chi connectivity index (χ1) is 19.6. The Morgan fingerprint density at radius 3 is 2.43 bits per heavy atom. The lowest BCUT2D eigenvalue weighted by atomic mass is 9.78. The van der Waals surface area contributed by atoms with Crippen molar-refractivity contribution in [1.29, 1.82) is 0 Å². The van der Waals surface area contributed by atoms with Gasteiger partial charge in [0.25, 0.3) is 0 Å². The van der Waals surface area contributed by atoms with Gasteiger partial charge in [-0.2, -0.15) is 0 Å². The zero-order valence-corrected chi connectivity index (χ0v) is 26.8. The molecule has 0 aliphatic carbocycles. The molecule has 0 bridgehead atoms. The van der Waals surface area contributed by atoms with Gasteiger partial charge in [0, 0.05) is 55.1 Å². The fraction of sp³-hybridized carbons (Fsp3) is 0.625. The Morgan fingerprint density at radius 1 is 1.12 bits per heavy atom. The van der Waals surface area contributed by atoms with E-state index in [1.54, 1.807) is 22.3 Å². The van der Waals surface area contributed by atoms with Crippen molar-refractivity contribution in [2.24, 2.45) is 22.5 Å². The van der Waals surface area contributed by atoms with Crippen molar-refractivity contribution in [3.05, 3.63) is 34.7 Å². The van der Waals surface area contributed by atoms with E-state index < -0.39 is 17.9 Å². The molecule has 1 aromatic carbocycles. The van der Waals surface area contributed by atoms with E-state index in [1.165, 1.54) is 0 Å². The molecule has 0 radical (unpaired) electrons. The second kappa shape index (κ2) is 11.4. The van der Waals surface area contributed by atoms with Gasteiger partial charge < -0.3 is 25.2 Å². The van der Waals surface area contributed by atoms with Crippen LogP contribution in [0.5, 0.6) is 0 Å². The highest BCUT2D eigenvalue weighted by Gasteiger charge is 2.56. The number of ketones is 1. The molecular weight excluding hydrogens is 550 g/mol. The summed E-state index contributed by atoms with van der Waals surface area (Å²) in [6, 6.07) is 4.90. The van der Waals surface area contributed by atoms with E-state index in [2.05, 4.69) is 58.4 Å². The number of ether oxygens (including phenoxy) is 1. The number of likely N-dealkylation sites (N-methyl/N-ethyl adjacent to an activating group) is 1. The zero-order chi connectivity index (χ0) is 30.6. The lowest BCUT2D eigenvalue weighted by Crippen LogP contribution is -2.45. The largest absolute Gasteiger partial charge is 0.367 e. The van der Waals surface area contributed by atoms with Crippen molar-refractivity contribution < 1.29 is 19.1 Å². The van der Waals surface area contributed by atoms with Crippen LogP contribution in [0.3, 0.4) is 0 Å². The lowest BCUT2D eigenvalue weighted by molar-refractivity contribution is -0.138. The molecule has 0 spiro atoms. The predicted molar refractivity (Wildman–Crippen MR) is 166 cm³/mol. The minimum Gasteiger partial charge on any atom is -0.367 e. The van der Waals surface area contributed by atoms with Gasteiger partial charge in [-0.15, -0.1) is 11.3 Å². The third-order valence-electron chi connectivity index (χ3n) is 8.95. The summed E-state index contributed by atoms with van der Waals surface area (Å²) in [4.78, 5) is 51.7. The number of thiazole rings is 1. The number of aromatic nitrogens is 1. The number of hydrogen-bond donors (Lipinski definition) is 1. The van der Waals surface area contributed by atoms with Crippen LogP contribution < -0.4 is 10.6 Å². The van der Waals surface area contributed by atoms with Gasteiger partial charge in [-0.1, -0.05) is 47.6 Å². The highest BCUT2D eigenvalue weighted by atomic mass is 32.1. The van der Waals surface area contributed by atoms with E-state index in [0.717, 1.165) is 42.6 Å². The molecule has 0 unspecified atom stereocenters. The van der Waals surface area contributed by atoms with Gasteiger partial charge in [0.05, 0.1) is 17.7 Å². The number of rotatable bonds is 6. The number of nitrogens with zero attached hydrogens (tertiary/aromatic N) is 4. The maximum Gasteiger partial charge on any atom is 0.249 e. The number of anilines is 1. The number of primary amides is 1. The molecule has 3 saturated heterocycles. The molecule has 3 aliphatic heterocycles. The Hall–Kier alpha value is -2.82. The summed E-state index contributed by atoms with van der Waals surface area (Å²) in [5, 5.41) is 3.00. The summed E-state index contributed by atoms with van der Waals surface area (Å²) in [5.41, 5.74) is 8.08. The molecule has 2 amide bonds. The number of fused-ring (bicyclic) bond motifs is 1. The minimum atomic E-state index is -0.657. The average molecular weight is 596 g/mol. The smallest absolute Gasteiger partial charge is 0.249 e. The van der Waals surface area contributed by atoms with Crippen LogP contribution in [-0.4, -0.2) is 90.9 Å². The Balaban J connectivity index is 1.53. The minimum absolute atomic E-state index is 0.0249. The fourth-order valence-electron chi connectivity index (χ4n) is 6.57. The van der Waals surface area contributed by atoms with Crippen LogP contribution in [0.4, 0.5) is 5.13 Å². The zero-order valence-electron chi connectivity index (χ0n) is 26.0. The highest BCUT2D eigenvalue weighted by Crippen LogP contribution is 2.44. The maximum atomic E-state index is 14.6. The van der Waals surface area contributed by atoms with Crippen LogP contribution in [-0.2, 0) is 14.3 Å². The summed E-state index contributed by atoms with van der Waals surface area (Å²) in [6.07, 6.45) is 0.171. The SMILES string of the molecule is CN1CCN(c2nc(-c3ccc(C(N)=O)c([C@H](CC(C)(C)C)C(=O)N4C[C@@H](C(C)(C)C)[C@H]5OCC(=O)[C@H]54)c3)cs2)CC1. The first-order valence-electron chi connectivity index (χ1n) is 14.9. The molecule has 9 nitrogen and oxygen atoms in total. The molecule has 3 aliphatic rings. The van der Waals surface area contributed by atoms with Gasteiger partial charge in [-0.25, -0.2) is 4.98 Å². The van der Waals surface area contributed by atoms with Crippen molar-refractivity contribution in [2.45, 2.75) is 66.0 Å². The third kappa shape index (κ3) is 6.12. The summed E-state index contributed by atoms with van der Waals surface area (Å²) in [7, 11) is 2.13. The molecule has 1 aromatic heterocycles. The van der Waals surface area contributed by atoms with Crippen molar-refractivity contribution in [3.8, 4) is 11.3 Å². The van der Waals surface area contributed by atoms with Crippen molar-refractivity contribution in [3.63, 3.8) is 0 Å². The van der Waals surface area contributed by atoms with E-state index in [4.69, 9.17) is 15.5 Å². The molecule has 0 saturated carbocycles. The summed E-state index contributed by atoms with van der Waals surface area (Å²) < 4.78 is 5.96. The van der Waals surface area contributed by atoms with Crippen molar-refractivity contribution in [1.82, 2.24) is 14.8 Å². The normalized spacial score (nSPS) is 24.3. The van der Waals surface area contributed by atoms with Gasteiger partial charge >= 0.3 is 0 Å². The first kappa shape index (κ1) is 30.6. The molecular formula is C32H45N5O4S. The molecule has 5 rings (SSSR count). The van der Waals surface area contributed by atoms with Crippen LogP contribution in [0, 0.1) is 16.7 Å². The Bertz CT molecular complexity index is 1350. The second-order valence-corrected chi connectivity index (χ2v) is 15.3. The summed E-state index contributed by atoms with van der Waals surface area (Å²) in [5.74, 6) is -1.42. The average Bonchev–Trinajstić information content (AvgIpc) is 3.63. The first-order valence-corrected chi connectivity index (χ1v) is 15.8. The molecule has 228 valence electrons. The van der Waals surface area contributed by atoms with Gasteiger partial charge in [0.2, 0.25) is 11.8 Å². The van der Waals surface area contributed by atoms with Gasteiger partial charge in [0.1, 0.15) is 12.6 Å². The van der Waals surface area contributed by atoms with E-state index in [9.17, 15) is 14.4 Å². The number of carbonyl (C=O) groups excluding carboxylic acids is 3. The molecule has 3 fully saturated rings. The number of nitrogens with two attached hydrogens (primary N) is 1. The number of hydrogen-bond acceptors (Lipinski definition) is 8. The molecule has 4 heterocycles. The predicted octanol–water partition coefficient (Wildman–Crippen LogP) is 4.02. The number of amides is 2. The molecule has 2 aromatic rings. The van der Waals surface area contributed by atoms with Crippen molar-refractivity contribution >= 4 is 34.1 Å². The maximum absolute atomic E-state index is 14.6. The Labute approximate surface area is 253 Å². The number of likely N-dealkylation sites (tertiary alicyclic amines) is 1. The Morgan fingerprint density at radius 2 is 1.81 bits per heavy atom. The van der Waals surface area contributed by atoms with Gasteiger partial charge in [-0.05, 0) is 42.0 Å². The fourth-order valence-corrected chi connectivity index (χ4v) is 7.45. The molecule has 42 heavy (non-hydrogen) atoms. The van der Waals surface area contributed by atoms with Crippen LogP contribution in [0.15, 0.2) is 23.6 Å². The lowest BCUT2D eigenvalue weighted by Gasteiger charge is -2.33. The topological polar surface area (TPSA) is 109 Å².